The number of hydrogen-bond acceptors (Lipinski definition) is 2. The third kappa shape index (κ3) is 3.31. The monoisotopic (exact) mass is 301 g/mol. The van der Waals surface area contributed by atoms with Crippen LogP contribution in [0, 0.1) is 17.2 Å². The molecule has 0 spiro atoms. The van der Waals surface area contributed by atoms with Gasteiger partial charge in [0, 0.05) is 33.1 Å². The van der Waals surface area contributed by atoms with Crippen molar-refractivity contribution >= 4 is 21.6 Å². The van der Waals surface area contributed by atoms with E-state index in [2.05, 4.69) is 20.8 Å². The van der Waals surface area contributed by atoms with E-state index in [0.29, 0.717) is 17.1 Å². The second kappa shape index (κ2) is 5.44. The minimum Gasteiger partial charge on any atom is -0.258 e. The van der Waals surface area contributed by atoms with E-state index in [1.807, 2.05) is 0 Å². The second-order valence-electron chi connectivity index (χ2n) is 6.04. The van der Waals surface area contributed by atoms with Gasteiger partial charge < -0.3 is 0 Å². The van der Waals surface area contributed by atoms with Crippen LogP contribution in [-0.4, -0.2) is 19.9 Å². The maximum atomic E-state index is 12.9. The summed E-state index contributed by atoms with van der Waals surface area (Å²) in [6.45, 7) is 6.26. The van der Waals surface area contributed by atoms with Gasteiger partial charge in [0.1, 0.15) is 10.4 Å². The van der Waals surface area contributed by atoms with E-state index in [0.717, 1.165) is 0 Å². The summed E-state index contributed by atoms with van der Waals surface area (Å²) in [4.78, 5) is 0. The lowest BCUT2D eigenvalue weighted by Crippen LogP contribution is -2.38. The lowest BCUT2D eigenvalue weighted by atomic mass is 9.83. The Hall–Kier alpha value is -0.550. The third-order valence-electron chi connectivity index (χ3n) is 3.58. The summed E-state index contributed by atoms with van der Waals surface area (Å²) in [5.41, 5.74) is 0.726. The lowest BCUT2D eigenvalue weighted by Gasteiger charge is -2.35. The predicted molar refractivity (Wildman–Crippen MR) is 78.1 cm³/mol. The zero-order chi connectivity index (χ0) is 14.2. The first-order chi connectivity index (χ1) is 8.79. The van der Waals surface area contributed by atoms with Crippen molar-refractivity contribution < 1.29 is 12.8 Å². The summed E-state index contributed by atoms with van der Waals surface area (Å²) in [5.74, 6) is 1.00. The normalized spacial score (nSPS) is 32.2. The van der Waals surface area contributed by atoms with Gasteiger partial charge in [-0.1, -0.05) is 32.9 Å². The van der Waals surface area contributed by atoms with Gasteiger partial charge in [-0.15, -0.1) is 0 Å². The Balaban J connectivity index is 2.23. The molecule has 1 fully saturated rings. The van der Waals surface area contributed by atoms with Crippen molar-refractivity contribution in [2.75, 3.05) is 11.5 Å². The largest absolute Gasteiger partial charge is 0.258 e. The Morgan fingerprint density at radius 1 is 1.05 bits per heavy atom. The van der Waals surface area contributed by atoms with Crippen molar-refractivity contribution in [1.29, 1.82) is 0 Å². The Labute approximate surface area is 118 Å². The highest BCUT2D eigenvalue weighted by Crippen LogP contribution is 2.37. The van der Waals surface area contributed by atoms with Crippen LogP contribution in [0.2, 0.25) is 0 Å². The van der Waals surface area contributed by atoms with Crippen LogP contribution in [0.4, 0.5) is 4.39 Å². The first-order valence-electron chi connectivity index (χ1n) is 6.29. The smallest absolute Gasteiger partial charge is 0.135 e. The summed E-state index contributed by atoms with van der Waals surface area (Å²) >= 11 is 0. The van der Waals surface area contributed by atoms with E-state index in [4.69, 9.17) is 0 Å². The highest BCUT2D eigenvalue weighted by atomic mass is 32.2. The molecule has 2 nitrogen and oxygen atoms in total. The van der Waals surface area contributed by atoms with Crippen LogP contribution in [-0.2, 0) is 21.6 Å². The third-order valence-corrected chi connectivity index (χ3v) is 7.82. The molecule has 0 aliphatic carbocycles. The van der Waals surface area contributed by atoms with Crippen LogP contribution >= 0.6 is 0 Å². The van der Waals surface area contributed by atoms with E-state index in [1.54, 1.807) is 12.1 Å². The predicted octanol–water partition coefficient (Wildman–Crippen LogP) is 3.00. The molecule has 1 saturated heterocycles. The van der Waals surface area contributed by atoms with Crippen LogP contribution in [0.25, 0.3) is 0 Å². The SMILES string of the molecule is CC(C)(C)C1CS(=O)C(c2ccc([18F])cc2)S(=O)C1. The van der Waals surface area contributed by atoms with E-state index in [9.17, 15) is 12.8 Å². The summed E-state index contributed by atoms with van der Waals surface area (Å²) in [6.07, 6.45) is 0. The molecule has 2 rings (SSSR count). The van der Waals surface area contributed by atoms with Crippen LogP contribution in [0.5, 0.6) is 0 Å². The Morgan fingerprint density at radius 2 is 1.53 bits per heavy atom. The van der Waals surface area contributed by atoms with Crippen LogP contribution < -0.4 is 0 Å². The maximum absolute atomic E-state index is 12.9. The summed E-state index contributed by atoms with van der Waals surface area (Å²) < 4.78 is 37.2. The standard InChI is InChI=1S/C14H19FO2S2/c1-14(2,3)11-8-18(16)13(19(17)9-11)10-4-6-12(15)7-5-10/h4-7,11,13H,8-9H2,1-3H3/i15-1. The fourth-order valence-electron chi connectivity index (χ4n) is 2.16. The van der Waals surface area contributed by atoms with E-state index < -0.39 is 26.2 Å². The van der Waals surface area contributed by atoms with Gasteiger partial charge in [0.2, 0.25) is 0 Å². The molecular weight excluding hydrogens is 282 g/mol. The molecule has 1 heterocycles. The van der Waals surface area contributed by atoms with Crippen molar-refractivity contribution in [3.63, 3.8) is 0 Å². The molecule has 1 aromatic carbocycles. The molecule has 2 atom stereocenters. The van der Waals surface area contributed by atoms with Crippen LogP contribution in [0.1, 0.15) is 30.9 Å². The average molecular weight is 301 g/mol. The number of halogens is 1. The molecule has 1 aliphatic heterocycles. The molecular formula is C14H19FO2S2. The molecule has 1 aliphatic rings. The molecule has 0 N–H and O–H groups in total. The minimum atomic E-state index is -1.16. The number of hydrogen-bond donors (Lipinski definition) is 0. The molecule has 19 heavy (non-hydrogen) atoms. The molecule has 0 saturated carbocycles. The maximum Gasteiger partial charge on any atom is 0.135 e. The molecule has 2 unspecified atom stereocenters. The van der Waals surface area contributed by atoms with Gasteiger partial charge in [-0.25, -0.2) is 4.39 Å². The summed E-state index contributed by atoms with van der Waals surface area (Å²) in [5, 5.41) is 0. The van der Waals surface area contributed by atoms with E-state index in [-0.39, 0.29) is 17.2 Å². The summed E-state index contributed by atoms with van der Waals surface area (Å²) in [7, 11) is -2.33. The molecule has 5 heteroatoms. The number of rotatable bonds is 1. The van der Waals surface area contributed by atoms with Crippen molar-refractivity contribution in [2.45, 2.75) is 25.4 Å². The van der Waals surface area contributed by atoms with E-state index >= 15 is 0 Å². The molecule has 0 aromatic heterocycles. The molecule has 0 radical (unpaired) electrons. The zero-order valence-electron chi connectivity index (χ0n) is 11.4. The first-order valence-corrected chi connectivity index (χ1v) is 9.05. The fraction of sp³-hybridized carbons (Fsp3) is 0.571. The van der Waals surface area contributed by atoms with Gasteiger partial charge in [0.05, 0.1) is 0 Å². The van der Waals surface area contributed by atoms with Gasteiger partial charge in [-0.05, 0) is 29.0 Å². The van der Waals surface area contributed by atoms with Gasteiger partial charge in [-0.3, -0.25) is 8.42 Å². The van der Waals surface area contributed by atoms with Crippen LogP contribution in [0.15, 0.2) is 24.3 Å². The molecule has 1 aromatic rings. The Kier molecular flexibility index (Phi) is 4.26. The van der Waals surface area contributed by atoms with Crippen molar-refractivity contribution in [2.24, 2.45) is 11.3 Å². The van der Waals surface area contributed by atoms with Gasteiger partial charge in [0.25, 0.3) is 0 Å². The Bertz CT molecular complexity index is 487. The highest BCUT2D eigenvalue weighted by Gasteiger charge is 2.39. The second-order valence-corrected chi connectivity index (χ2v) is 9.47. The van der Waals surface area contributed by atoms with E-state index in [1.165, 1.54) is 12.1 Å². The highest BCUT2D eigenvalue weighted by molar-refractivity contribution is 8.02. The minimum absolute atomic E-state index is 0.0130. The lowest BCUT2D eigenvalue weighted by molar-refractivity contribution is 0.289. The molecule has 106 valence electrons. The molecule has 0 bridgehead atoms. The van der Waals surface area contributed by atoms with Crippen molar-refractivity contribution in [3.05, 3.63) is 35.6 Å². The van der Waals surface area contributed by atoms with Gasteiger partial charge >= 0.3 is 0 Å². The van der Waals surface area contributed by atoms with Crippen molar-refractivity contribution in [1.82, 2.24) is 0 Å². The Morgan fingerprint density at radius 3 is 1.95 bits per heavy atom. The quantitative estimate of drug-likeness (QED) is 0.799. The van der Waals surface area contributed by atoms with Gasteiger partial charge in [-0.2, -0.15) is 0 Å². The first kappa shape index (κ1) is 14.9. The molecule has 0 amide bonds. The fourth-order valence-corrected chi connectivity index (χ4v) is 7.04. The van der Waals surface area contributed by atoms with Gasteiger partial charge in [0.15, 0.2) is 0 Å². The van der Waals surface area contributed by atoms with Crippen LogP contribution in [0.3, 0.4) is 0 Å². The zero-order valence-corrected chi connectivity index (χ0v) is 13.0. The topological polar surface area (TPSA) is 34.1 Å². The summed E-state index contributed by atoms with van der Waals surface area (Å²) in [6, 6.07) is 5.85. The average Bonchev–Trinajstić information content (AvgIpc) is 2.29. The van der Waals surface area contributed by atoms with Crippen molar-refractivity contribution in [3.8, 4) is 0 Å². The number of benzene rings is 1.